The second-order valence-corrected chi connectivity index (χ2v) is 11.2. The summed E-state index contributed by atoms with van der Waals surface area (Å²) < 4.78 is 51.4. The van der Waals surface area contributed by atoms with Crippen LogP contribution in [0.2, 0.25) is 0 Å². The van der Waals surface area contributed by atoms with E-state index in [-0.39, 0.29) is 32.8 Å². The molecule has 1 heterocycles. The van der Waals surface area contributed by atoms with E-state index >= 15 is 4.39 Å². The SMILES string of the molecule is COC(=O)C(=O)OC(C)(C)C(N)(F)C1CC(OCc2ccccc2)C(OCc2ccccc2)C(COCc2ccccc2)O1. The Balaban J connectivity index is 1.60. The maximum atomic E-state index is 16.6. The number of halogens is 1. The fourth-order valence-electron chi connectivity index (χ4n) is 4.94. The lowest BCUT2D eigenvalue weighted by atomic mass is 9.84. The van der Waals surface area contributed by atoms with Crippen LogP contribution in [0.1, 0.15) is 37.0 Å². The van der Waals surface area contributed by atoms with E-state index in [1.807, 2.05) is 91.0 Å². The largest absolute Gasteiger partial charge is 0.461 e. The quantitative estimate of drug-likeness (QED) is 0.168. The molecule has 0 bridgehead atoms. The van der Waals surface area contributed by atoms with Crippen LogP contribution in [0.25, 0.3) is 0 Å². The highest BCUT2D eigenvalue weighted by atomic mass is 19.1. The number of nitrogens with two attached hydrogens (primary N) is 1. The van der Waals surface area contributed by atoms with Gasteiger partial charge >= 0.3 is 11.9 Å². The van der Waals surface area contributed by atoms with Crippen molar-refractivity contribution in [3.8, 4) is 0 Å². The van der Waals surface area contributed by atoms with Crippen LogP contribution in [0.5, 0.6) is 0 Å². The molecule has 5 atom stereocenters. The number of carbonyl (C=O) groups is 2. The average molecular weight is 610 g/mol. The van der Waals surface area contributed by atoms with Crippen molar-refractivity contribution >= 4 is 11.9 Å². The van der Waals surface area contributed by atoms with E-state index in [0.29, 0.717) is 0 Å². The van der Waals surface area contributed by atoms with E-state index in [2.05, 4.69) is 4.74 Å². The Labute approximate surface area is 257 Å². The molecule has 1 saturated heterocycles. The Morgan fingerprint density at radius 3 is 1.84 bits per heavy atom. The second kappa shape index (κ2) is 15.4. The monoisotopic (exact) mass is 609 g/mol. The van der Waals surface area contributed by atoms with Gasteiger partial charge in [0.15, 0.2) is 5.60 Å². The van der Waals surface area contributed by atoms with Gasteiger partial charge < -0.3 is 28.4 Å². The Kier molecular flexibility index (Phi) is 11.6. The molecule has 236 valence electrons. The number of methoxy groups -OCH3 is 1. The fourth-order valence-corrected chi connectivity index (χ4v) is 4.94. The normalized spacial score (nSPS) is 21.7. The van der Waals surface area contributed by atoms with Crippen molar-refractivity contribution in [1.82, 2.24) is 0 Å². The van der Waals surface area contributed by atoms with Crippen molar-refractivity contribution < 1.29 is 42.4 Å². The predicted molar refractivity (Wildman–Crippen MR) is 160 cm³/mol. The van der Waals surface area contributed by atoms with Gasteiger partial charge in [-0.25, -0.2) is 14.0 Å². The molecule has 9 nitrogen and oxygen atoms in total. The number of hydrogen-bond acceptors (Lipinski definition) is 9. The number of benzene rings is 3. The minimum atomic E-state index is -2.76. The number of ether oxygens (including phenoxy) is 6. The van der Waals surface area contributed by atoms with Crippen molar-refractivity contribution in [2.45, 2.75) is 75.9 Å². The summed E-state index contributed by atoms with van der Waals surface area (Å²) in [5, 5.41) is 0. The maximum absolute atomic E-state index is 16.6. The Bertz CT molecular complexity index is 1320. The highest BCUT2D eigenvalue weighted by molar-refractivity contribution is 6.29. The van der Waals surface area contributed by atoms with Gasteiger partial charge in [0.2, 0.25) is 5.79 Å². The maximum Gasteiger partial charge on any atom is 0.418 e. The fraction of sp³-hybridized carbons (Fsp3) is 0.412. The summed E-state index contributed by atoms with van der Waals surface area (Å²) in [5.41, 5.74) is 7.09. The molecule has 1 fully saturated rings. The molecule has 0 spiro atoms. The highest BCUT2D eigenvalue weighted by Gasteiger charge is 2.57. The van der Waals surface area contributed by atoms with Crippen molar-refractivity contribution in [3.63, 3.8) is 0 Å². The van der Waals surface area contributed by atoms with Gasteiger partial charge in [0.25, 0.3) is 0 Å². The van der Waals surface area contributed by atoms with E-state index < -0.39 is 47.7 Å². The first-order chi connectivity index (χ1) is 21.1. The highest BCUT2D eigenvalue weighted by Crippen LogP contribution is 2.38. The molecular formula is C34H40FNO8. The third kappa shape index (κ3) is 8.71. The Hall–Kier alpha value is -3.67. The average Bonchev–Trinajstić information content (AvgIpc) is 3.03. The van der Waals surface area contributed by atoms with Gasteiger partial charge in [-0.15, -0.1) is 0 Å². The first kappa shape index (κ1) is 33.2. The van der Waals surface area contributed by atoms with E-state index in [1.54, 1.807) is 0 Å². The molecule has 0 saturated carbocycles. The van der Waals surface area contributed by atoms with E-state index in [0.717, 1.165) is 23.8 Å². The Morgan fingerprint density at radius 1 is 0.818 bits per heavy atom. The number of esters is 2. The van der Waals surface area contributed by atoms with Gasteiger partial charge in [0.1, 0.15) is 18.3 Å². The van der Waals surface area contributed by atoms with Crippen molar-refractivity contribution in [3.05, 3.63) is 108 Å². The number of carbonyl (C=O) groups excluding carboxylic acids is 2. The first-order valence-electron chi connectivity index (χ1n) is 14.5. The summed E-state index contributed by atoms with van der Waals surface area (Å²) in [6.07, 6.45) is -3.53. The summed E-state index contributed by atoms with van der Waals surface area (Å²) in [6, 6.07) is 28.8. The number of rotatable bonds is 13. The molecule has 3 aromatic carbocycles. The number of alkyl halides is 1. The van der Waals surface area contributed by atoms with Crippen LogP contribution in [-0.2, 0) is 57.8 Å². The third-order valence-electron chi connectivity index (χ3n) is 7.60. The van der Waals surface area contributed by atoms with E-state index in [4.69, 9.17) is 29.4 Å². The molecule has 1 aliphatic heterocycles. The molecule has 0 radical (unpaired) electrons. The molecule has 0 aromatic heterocycles. The molecule has 1 aliphatic rings. The van der Waals surface area contributed by atoms with Crippen molar-refractivity contribution in [2.75, 3.05) is 13.7 Å². The predicted octanol–water partition coefficient (Wildman–Crippen LogP) is 4.65. The topological polar surface area (TPSA) is 116 Å². The summed E-state index contributed by atoms with van der Waals surface area (Å²) in [5.74, 6) is -5.40. The van der Waals surface area contributed by atoms with Gasteiger partial charge in [0, 0.05) is 6.42 Å². The van der Waals surface area contributed by atoms with Crippen LogP contribution in [0, 0.1) is 0 Å². The minimum Gasteiger partial charge on any atom is -0.461 e. The van der Waals surface area contributed by atoms with Crippen LogP contribution in [0.15, 0.2) is 91.0 Å². The molecular weight excluding hydrogens is 569 g/mol. The van der Waals surface area contributed by atoms with E-state index in [9.17, 15) is 9.59 Å². The van der Waals surface area contributed by atoms with Crippen LogP contribution < -0.4 is 5.73 Å². The van der Waals surface area contributed by atoms with Gasteiger partial charge in [-0.3, -0.25) is 5.73 Å². The molecule has 0 amide bonds. The molecule has 0 aliphatic carbocycles. The van der Waals surface area contributed by atoms with Crippen LogP contribution in [0.3, 0.4) is 0 Å². The molecule has 5 unspecified atom stereocenters. The summed E-state index contributed by atoms with van der Waals surface area (Å²) in [7, 11) is 1.02. The first-order valence-corrected chi connectivity index (χ1v) is 14.5. The smallest absolute Gasteiger partial charge is 0.418 e. The lowest BCUT2D eigenvalue weighted by Gasteiger charge is -2.48. The number of hydrogen-bond donors (Lipinski definition) is 1. The zero-order valence-corrected chi connectivity index (χ0v) is 25.2. The van der Waals surface area contributed by atoms with Gasteiger partial charge in [-0.1, -0.05) is 91.0 Å². The van der Waals surface area contributed by atoms with Gasteiger partial charge in [-0.2, -0.15) is 0 Å². The van der Waals surface area contributed by atoms with Crippen molar-refractivity contribution in [2.24, 2.45) is 5.73 Å². The second-order valence-electron chi connectivity index (χ2n) is 11.2. The minimum absolute atomic E-state index is 0.0340. The molecule has 44 heavy (non-hydrogen) atoms. The van der Waals surface area contributed by atoms with Crippen LogP contribution in [-0.4, -0.2) is 61.5 Å². The van der Waals surface area contributed by atoms with E-state index in [1.165, 1.54) is 13.8 Å². The lowest BCUT2D eigenvalue weighted by Crippen LogP contribution is -2.68. The molecule has 2 N–H and O–H groups in total. The summed E-state index contributed by atoms with van der Waals surface area (Å²) >= 11 is 0. The summed E-state index contributed by atoms with van der Waals surface area (Å²) in [6.45, 7) is 3.36. The molecule has 4 rings (SSSR count). The standard InChI is InChI=1S/C34H40FNO8/c1-33(2,44-32(38)31(37)39-3)34(35,36)29-19-27(41-21-25-15-9-5-10-16-25)30(42-22-26-17-11-6-12-18-26)28(43-29)23-40-20-24-13-7-4-8-14-24/h4-18,27-30H,19-23,36H2,1-3H3. The Morgan fingerprint density at radius 2 is 1.32 bits per heavy atom. The van der Waals surface area contributed by atoms with Crippen molar-refractivity contribution in [1.29, 1.82) is 0 Å². The summed E-state index contributed by atoms with van der Waals surface area (Å²) in [4.78, 5) is 24.0. The zero-order valence-electron chi connectivity index (χ0n) is 25.2. The zero-order chi connectivity index (χ0) is 31.6. The molecule has 3 aromatic rings. The lowest BCUT2D eigenvalue weighted by molar-refractivity contribution is -0.264. The van der Waals surface area contributed by atoms with Crippen LogP contribution >= 0.6 is 0 Å². The van der Waals surface area contributed by atoms with Gasteiger partial charge in [-0.05, 0) is 30.5 Å². The molecule has 10 heteroatoms. The third-order valence-corrected chi connectivity index (χ3v) is 7.60. The van der Waals surface area contributed by atoms with Crippen LogP contribution in [0.4, 0.5) is 4.39 Å². The van der Waals surface area contributed by atoms with Gasteiger partial charge in [0.05, 0.1) is 39.6 Å².